The molecule has 6 nitrogen and oxygen atoms in total. The standard InChI is InChI=1S/C8H13N3O3/c1-4-7-8(11(13)14)10(6(3)12)5(2)9-7/h6,12H,4H2,1-3H3. The molecule has 1 aromatic rings. The van der Waals surface area contributed by atoms with Crippen LogP contribution in [0.2, 0.25) is 0 Å². The first-order valence-electron chi connectivity index (χ1n) is 4.39. The molecule has 0 saturated heterocycles. The molecule has 0 saturated carbocycles. The molecule has 1 unspecified atom stereocenters. The van der Waals surface area contributed by atoms with E-state index in [2.05, 4.69) is 4.98 Å². The third-order valence-corrected chi connectivity index (χ3v) is 2.01. The quantitative estimate of drug-likeness (QED) is 0.585. The minimum atomic E-state index is -0.928. The van der Waals surface area contributed by atoms with Crippen LogP contribution in [0.1, 0.15) is 31.6 Å². The monoisotopic (exact) mass is 199 g/mol. The summed E-state index contributed by atoms with van der Waals surface area (Å²) in [5.74, 6) is 0.351. The van der Waals surface area contributed by atoms with Crippen molar-refractivity contribution in [1.29, 1.82) is 0 Å². The molecule has 1 atom stereocenters. The van der Waals surface area contributed by atoms with Gasteiger partial charge in [0.1, 0.15) is 5.69 Å². The van der Waals surface area contributed by atoms with E-state index in [1.54, 1.807) is 13.8 Å². The van der Waals surface area contributed by atoms with Crippen LogP contribution in [0.25, 0.3) is 0 Å². The Morgan fingerprint density at radius 2 is 2.29 bits per heavy atom. The summed E-state index contributed by atoms with van der Waals surface area (Å²) in [5.41, 5.74) is 0.411. The van der Waals surface area contributed by atoms with Gasteiger partial charge in [0.15, 0.2) is 12.1 Å². The van der Waals surface area contributed by atoms with Crippen LogP contribution in [0.3, 0.4) is 0 Å². The van der Waals surface area contributed by atoms with Crippen molar-refractivity contribution in [3.63, 3.8) is 0 Å². The smallest absolute Gasteiger partial charge is 0.348 e. The molecule has 0 fully saturated rings. The van der Waals surface area contributed by atoms with E-state index in [4.69, 9.17) is 0 Å². The molecule has 1 aromatic heterocycles. The maximum absolute atomic E-state index is 10.8. The SMILES string of the molecule is CCc1nc(C)n(C(C)O)c1[N+](=O)[O-]. The van der Waals surface area contributed by atoms with Crippen molar-refractivity contribution in [2.24, 2.45) is 0 Å². The van der Waals surface area contributed by atoms with E-state index < -0.39 is 11.2 Å². The van der Waals surface area contributed by atoms with E-state index in [1.807, 2.05) is 0 Å². The number of aliphatic hydroxyl groups excluding tert-OH is 1. The van der Waals surface area contributed by atoms with E-state index in [0.29, 0.717) is 17.9 Å². The second-order valence-electron chi connectivity index (χ2n) is 3.04. The number of nitrogens with zero attached hydrogens (tertiary/aromatic N) is 3. The van der Waals surface area contributed by atoms with E-state index in [1.165, 1.54) is 11.5 Å². The first-order valence-corrected chi connectivity index (χ1v) is 4.39. The van der Waals surface area contributed by atoms with Crippen LogP contribution in [-0.2, 0) is 6.42 Å². The van der Waals surface area contributed by atoms with Gasteiger partial charge in [0.2, 0.25) is 0 Å². The Balaban J connectivity index is 3.39. The number of hydrogen-bond acceptors (Lipinski definition) is 4. The second-order valence-corrected chi connectivity index (χ2v) is 3.04. The number of hydrogen-bond donors (Lipinski definition) is 1. The van der Waals surface area contributed by atoms with Gasteiger partial charge in [-0.25, -0.2) is 4.98 Å². The molecular weight excluding hydrogens is 186 g/mol. The minimum absolute atomic E-state index is 0.111. The molecule has 0 radical (unpaired) electrons. The minimum Gasteiger partial charge on any atom is -0.358 e. The molecule has 14 heavy (non-hydrogen) atoms. The van der Waals surface area contributed by atoms with Crippen molar-refractivity contribution in [1.82, 2.24) is 9.55 Å². The highest BCUT2D eigenvalue weighted by Crippen LogP contribution is 2.23. The van der Waals surface area contributed by atoms with Crippen molar-refractivity contribution in [2.75, 3.05) is 0 Å². The third kappa shape index (κ3) is 1.60. The van der Waals surface area contributed by atoms with Crippen LogP contribution in [0.5, 0.6) is 0 Å². The zero-order valence-corrected chi connectivity index (χ0v) is 8.39. The molecule has 78 valence electrons. The molecule has 6 heteroatoms. The summed E-state index contributed by atoms with van der Waals surface area (Å²) < 4.78 is 1.22. The number of aliphatic hydroxyl groups is 1. The van der Waals surface area contributed by atoms with Gasteiger partial charge in [-0.1, -0.05) is 6.92 Å². The Kier molecular flexibility index (Phi) is 2.85. The fraction of sp³-hybridized carbons (Fsp3) is 0.625. The van der Waals surface area contributed by atoms with E-state index in [9.17, 15) is 15.2 Å². The Labute approximate surface area is 81.3 Å². The van der Waals surface area contributed by atoms with Crippen molar-refractivity contribution in [3.05, 3.63) is 21.6 Å². The highest BCUT2D eigenvalue weighted by molar-refractivity contribution is 5.31. The first-order chi connectivity index (χ1) is 6.49. The average Bonchev–Trinajstić information content (AvgIpc) is 2.41. The normalized spacial score (nSPS) is 12.9. The summed E-state index contributed by atoms with van der Waals surface area (Å²) >= 11 is 0. The predicted octanol–water partition coefficient (Wildman–Crippen LogP) is 1.17. The highest BCUT2D eigenvalue weighted by atomic mass is 16.6. The van der Waals surface area contributed by atoms with Gasteiger partial charge >= 0.3 is 5.82 Å². The van der Waals surface area contributed by atoms with Crippen molar-refractivity contribution in [2.45, 2.75) is 33.4 Å². The van der Waals surface area contributed by atoms with Gasteiger partial charge in [-0.3, -0.25) is 0 Å². The van der Waals surface area contributed by atoms with Gasteiger partial charge in [0, 0.05) is 13.8 Å². The van der Waals surface area contributed by atoms with Crippen molar-refractivity contribution < 1.29 is 10.0 Å². The molecule has 0 aliphatic carbocycles. The Morgan fingerprint density at radius 3 is 2.64 bits per heavy atom. The number of aromatic nitrogens is 2. The predicted molar refractivity (Wildman–Crippen MR) is 49.9 cm³/mol. The maximum atomic E-state index is 10.8. The third-order valence-electron chi connectivity index (χ3n) is 2.01. The first kappa shape index (κ1) is 10.6. The second kappa shape index (κ2) is 3.75. The van der Waals surface area contributed by atoms with Crippen LogP contribution in [0, 0.1) is 17.0 Å². The van der Waals surface area contributed by atoms with Gasteiger partial charge in [-0.15, -0.1) is 0 Å². The van der Waals surface area contributed by atoms with Gasteiger partial charge in [-0.2, -0.15) is 4.57 Å². The summed E-state index contributed by atoms with van der Waals surface area (Å²) in [7, 11) is 0. The van der Waals surface area contributed by atoms with E-state index >= 15 is 0 Å². The van der Waals surface area contributed by atoms with Crippen LogP contribution in [0.4, 0.5) is 5.82 Å². The summed E-state index contributed by atoms with van der Waals surface area (Å²) in [6.07, 6.45) is -0.445. The molecule has 0 aliphatic rings. The molecule has 0 spiro atoms. The molecule has 1 heterocycles. The van der Waals surface area contributed by atoms with Gasteiger partial charge in [-0.05, 0) is 11.3 Å². The molecule has 1 rings (SSSR count). The maximum Gasteiger partial charge on any atom is 0.348 e. The fourth-order valence-corrected chi connectivity index (χ4v) is 1.47. The summed E-state index contributed by atoms with van der Waals surface area (Å²) in [4.78, 5) is 14.3. The molecule has 1 N–H and O–H groups in total. The number of rotatable bonds is 3. The van der Waals surface area contributed by atoms with Crippen LogP contribution in [-0.4, -0.2) is 19.6 Å². The number of nitro groups is 1. The van der Waals surface area contributed by atoms with Crippen LogP contribution >= 0.6 is 0 Å². The lowest BCUT2D eigenvalue weighted by Crippen LogP contribution is -2.09. The largest absolute Gasteiger partial charge is 0.358 e. The van der Waals surface area contributed by atoms with E-state index in [0.717, 1.165) is 0 Å². The average molecular weight is 199 g/mol. The number of aryl methyl sites for hydroxylation is 2. The number of imidazole rings is 1. The molecule has 0 aliphatic heterocycles. The van der Waals surface area contributed by atoms with Crippen molar-refractivity contribution >= 4 is 5.82 Å². The lowest BCUT2D eigenvalue weighted by molar-refractivity contribution is -0.394. The van der Waals surface area contributed by atoms with E-state index in [-0.39, 0.29) is 5.82 Å². The molecule has 0 amide bonds. The Hall–Kier alpha value is -1.43. The van der Waals surface area contributed by atoms with Crippen LogP contribution < -0.4 is 0 Å². The lowest BCUT2D eigenvalue weighted by Gasteiger charge is -2.04. The van der Waals surface area contributed by atoms with Gasteiger partial charge < -0.3 is 15.2 Å². The topological polar surface area (TPSA) is 81.2 Å². The highest BCUT2D eigenvalue weighted by Gasteiger charge is 2.26. The molecule has 0 bridgehead atoms. The van der Waals surface area contributed by atoms with Crippen molar-refractivity contribution in [3.8, 4) is 0 Å². The fourth-order valence-electron chi connectivity index (χ4n) is 1.47. The summed E-state index contributed by atoms with van der Waals surface area (Å²) in [5, 5.41) is 20.1. The lowest BCUT2D eigenvalue weighted by atomic mass is 10.3. The van der Waals surface area contributed by atoms with Gasteiger partial charge in [0.05, 0.1) is 0 Å². The Bertz CT molecular complexity index is 357. The zero-order valence-electron chi connectivity index (χ0n) is 8.39. The molecular formula is C8H13N3O3. The zero-order chi connectivity index (χ0) is 10.9. The van der Waals surface area contributed by atoms with Crippen LogP contribution in [0.15, 0.2) is 0 Å². The van der Waals surface area contributed by atoms with Gasteiger partial charge in [0.25, 0.3) is 0 Å². The summed E-state index contributed by atoms with van der Waals surface area (Å²) in [6, 6.07) is 0. The molecule has 0 aromatic carbocycles. The Morgan fingerprint density at radius 1 is 1.71 bits per heavy atom. The summed E-state index contributed by atoms with van der Waals surface area (Å²) in [6.45, 7) is 4.90.